The summed E-state index contributed by atoms with van der Waals surface area (Å²) >= 11 is 0. The fourth-order valence-electron chi connectivity index (χ4n) is 4.73. The summed E-state index contributed by atoms with van der Waals surface area (Å²) in [6.07, 6.45) is 1.81. The SMILES string of the molecule is Cc1c(-c2cc(C(=O)O)c3c(O[C@@H](C)C4CCOCC4)ccc(C)c3n2)oc2ccccc12. The molecule has 170 valence electrons. The smallest absolute Gasteiger partial charge is 0.336 e. The third-order valence-electron chi connectivity index (χ3n) is 6.67. The highest BCUT2D eigenvalue weighted by Crippen LogP contribution is 2.38. The molecule has 0 radical (unpaired) electrons. The molecule has 0 amide bonds. The quantitative estimate of drug-likeness (QED) is 0.396. The first-order chi connectivity index (χ1) is 15.9. The predicted molar refractivity (Wildman–Crippen MR) is 127 cm³/mol. The maximum absolute atomic E-state index is 12.4. The number of furan rings is 1. The largest absolute Gasteiger partial charge is 0.490 e. The van der Waals surface area contributed by atoms with Crippen LogP contribution >= 0.6 is 0 Å². The van der Waals surface area contributed by atoms with Crippen molar-refractivity contribution in [2.45, 2.75) is 39.7 Å². The number of aromatic nitrogens is 1. The Morgan fingerprint density at radius 1 is 1.15 bits per heavy atom. The summed E-state index contributed by atoms with van der Waals surface area (Å²) in [7, 11) is 0. The number of fused-ring (bicyclic) bond motifs is 2. The Labute approximate surface area is 192 Å². The summed E-state index contributed by atoms with van der Waals surface area (Å²) in [6.45, 7) is 7.41. The summed E-state index contributed by atoms with van der Waals surface area (Å²) in [5.74, 6) is 0.481. The molecule has 5 rings (SSSR count). The third kappa shape index (κ3) is 3.85. The van der Waals surface area contributed by atoms with Gasteiger partial charge in [0.15, 0.2) is 5.76 Å². The van der Waals surface area contributed by atoms with Gasteiger partial charge in [-0.3, -0.25) is 0 Å². The highest BCUT2D eigenvalue weighted by molar-refractivity contribution is 6.07. The summed E-state index contributed by atoms with van der Waals surface area (Å²) in [4.78, 5) is 17.2. The molecule has 6 heteroatoms. The Morgan fingerprint density at radius 2 is 1.91 bits per heavy atom. The van der Waals surface area contributed by atoms with Gasteiger partial charge in [-0.1, -0.05) is 24.3 Å². The van der Waals surface area contributed by atoms with Crippen LogP contribution in [0.15, 0.2) is 46.9 Å². The topological polar surface area (TPSA) is 81.8 Å². The average Bonchev–Trinajstić information content (AvgIpc) is 3.17. The lowest BCUT2D eigenvalue weighted by molar-refractivity contribution is 0.0243. The Morgan fingerprint density at radius 3 is 2.64 bits per heavy atom. The molecule has 3 heterocycles. The fourth-order valence-corrected chi connectivity index (χ4v) is 4.73. The van der Waals surface area contributed by atoms with E-state index in [1.54, 1.807) is 6.07 Å². The van der Waals surface area contributed by atoms with Gasteiger partial charge >= 0.3 is 5.97 Å². The van der Waals surface area contributed by atoms with Crippen LogP contribution in [-0.4, -0.2) is 35.4 Å². The molecule has 4 aromatic rings. The van der Waals surface area contributed by atoms with Gasteiger partial charge in [0.05, 0.1) is 22.6 Å². The van der Waals surface area contributed by atoms with Crippen LogP contribution in [0, 0.1) is 19.8 Å². The normalized spacial score (nSPS) is 15.7. The first-order valence-corrected chi connectivity index (χ1v) is 11.3. The van der Waals surface area contributed by atoms with Crippen LogP contribution in [0.2, 0.25) is 0 Å². The second-order valence-corrected chi connectivity index (χ2v) is 8.79. The second kappa shape index (κ2) is 8.52. The van der Waals surface area contributed by atoms with E-state index in [4.69, 9.17) is 18.9 Å². The molecule has 0 bridgehead atoms. The van der Waals surface area contributed by atoms with Crippen molar-refractivity contribution in [1.82, 2.24) is 4.98 Å². The summed E-state index contributed by atoms with van der Waals surface area (Å²) in [6, 6.07) is 13.2. The molecule has 6 nitrogen and oxygen atoms in total. The van der Waals surface area contributed by atoms with Crippen molar-refractivity contribution < 1.29 is 23.8 Å². The van der Waals surface area contributed by atoms with E-state index in [0.29, 0.717) is 34.0 Å². The lowest BCUT2D eigenvalue weighted by Crippen LogP contribution is -2.29. The Kier molecular flexibility index (Phi) is 5.54. The van der Waals surface area contributed by atoms with Gasteiger partial charge in [0.2, 0.25) is 0 Å². The zero-order valence-corrected chi connectivity index (χ0v) is 19.1. The van der Waals surface area contributed by atoms with Gasteiger partial charge in [-0.15, -0.1) is 0 Å². The van der Waals surface area contributed by atoms with Crippen molar-refractivity contribution in [2.24, 2.45) is 5.92 Å². The van der Waals surface area contributed by atoms with Gasteiger partial charge in [0.1, 0.15) is 17.0 Å². The molecule has 33 heavy (non-hydrogen) atoms. The van der Waals surface area contributed by atoms with Gasteiger partial charge in [0.25, 0.3) is 0 Å². The second-order valence-electron chi connectivity index (χ2n) is 8.79. The molecule has 1 saturated heterocycles. The van der Waals surface area contributed by atoms with E-state index in [1.807, 2.05) is 57.2 Å². The molecule has 1 atom stereocenters. The van der Waals surface area contributed by atoms with E-state index < -0.39 is 5.97 Å². The minimum absolute atomic E-state index is 0.0567. The Bertz CT molecular complexity index is 1350. The van der Waals surface area contributed by atoms with Crippen LogP contribution in [0.25, 0.3) is 33.3 Å². The standard InChI is InChI=1S/C27H27NO5/c1-15-8-9-23(32-17(3)18-10-12-31-13-11-18)24-20(27(29)30)14-21(28-25(15)24)26-16(2)19-6-4-5-7-22(19)33-26/h4-9,14,17-18H,10-13H2,1-3H3,(H,29,30)/t17-/m0/s1. The zero-order chi connectivity index (χ0) is 23.1. The van der Waals surface area contributed by atoms with E-state index in [2.05, 4.69) is 0 Å². The summed E-state index contributed by atoms with van der Waals surface area (Å²) in [5.41, 5.74) is 3.85. The molecule has 0 unspecified atom stereocenters. The molecule has 1 aliphatic heterocycles. The van der Waals surface area contributed by atoms with Gasteiger partial charge < -0.3 is 19.0 Å². The number of hydrogen-bond acceptors (Lipinski definition) is 5. The van der Waals surface area contributed by atoms with Crippen LogP contribution < -0.4 is 4.74 Å². The van der Waals surface area contributed by atoms with Gasteiger partial charge in [-0.25, -0.2) is 9.78 Å². The van der Waals surface area contributed by atoms with Crippen LogP contribution in [0.3, 0.4) is 0 Å². The van der Waals surface area contributed by atoms with Gasteiger partial charge in [0, 0.05) is 24.2 Å². The van der Waals surface area contributed by atoms with Crippen LogP contribution in [-0.2, 0) is 4.74 Å². The van der Waals surface area contributed by atoms with Gasteiger partial charge in [-0.2, -0.15) is 0 Å². The lowest BCUT2D eigenvalue weighted by Gasteiger charge is -2.28. The van der Waals surface area contributed by atoms with Crippen LogP contribution in [0.5, 0.6) is 5.75 Å². The maximum Gasteiger partial charge on any atom is 0.336 e. The number of hydrogen-bond donors (Lipinski definition) is 1. The summed E-state index contributed by atoms with van der Waals surface area (Å²) < 4.78 is 17.9. The minimum atomic E-state index is -1.02. The Balaban J connectivity index is 1.65. The molecule has 1 fully saturated rings. The van der Waals surface area contributed by atoms with Crippen molar-refractivity contribution in [3.63, 3.8) is 0 Å². The first-order valence-electron chi connectivity index (χ1n) is 11.3. The molecule has 1 aliphatic rings. The maximum atomic E-state index is 12.4. The number of ether oxygens (including phenoxy) is 2. The number of carboxylic acids is 1. The number of pyridine rings is 1. The number of carbonyl (C=O) groups is 1. The van der Waals surface area contributed by atoms with Crippen molar-refractivity contribution in [1.29, 1.82) is 0 Å². The van der Waals surface area contributed by atoms with E-state index in [9.17, 15) is 9.90 Å². The average molecular weight is 446 g/mol. The molecule has 2 aromatic heterocycles. The Hall–Kier alpha value is -3.38. The van der Waals surface area contributed by atoms with Crippen molar-refractivity contribution in [3.05, 3.63) is 59.2 Å². The highest BCUT2D eigenvalue weighted by atomic mass is 16.5. The molecule has 0 saturated carbocycles. The molecular weight excluding hydrogens is 418 g/mol. The number of aryl methyl sites for hydroxylation is 2. The third-order valence-corrected chi connectivity index (χ3v) is 6.67. The molecule has 0 spiro atoms. The monoisotopic (exact) mass is 445 g/mol. The lowest BCUT2D eigenvalue weighted by atomic mass is 9.94. The number of rotatable bonds is 5. The number of aromatic carboxylic acids is 1. The van der Waals surface area contributed by atoms with Crippen molar-refractivity contribution >= 4 is 27.8 Å². The number of carboxylic acid groups (broad SMARTS) is 1. The van der Waals surface area contributed by atoms with Crippen molar-refractivity contribution in [2.75, 3.05) is 13.2 Å². The van der Waals surface area contributed by atoms with E-state index >= 15 is 0 Å². The van der Waals surface area contributed by atoms with E-state index in [1.165, 1.54) is 0 Å². The van der Waals surface area contributed by atoms with Crippen LogP contribution in [0.4, 0.5) is 0 Å². The van der Waals surface area contributed by atoms with E-state index in [0.717, 1.165) is 48.2 Å². The summed E-state index contributed by atoms with van der Waals surface area (Å²) in [5, 5.41) is 11.6. The predicted octanol–water partition coefficient (Wildman–Crippen LogP) is 6.16. The van der Waals surface area contributed by atoms with E-state index in [-0.39, 0.29) is 11.7 Å². The van der Waals surface area contributed by atoms with Crippen LogP contribution in [0.1, 0.15) is 41.3 Å². The number of benzene rings is 2. The molecule has 0 aliphatic carbocycles. The highest BCUT2D eigenvalue weighted by Gasteiger charge is 2.25. The molecule has 1 N–H and O–H groups in total. The molecular formula is C27H27NO5. The van der Waals surface area contributed by atoms with Crippen molar-refractivity contribution in [3.8, 4) is 17.2 Å². The fraction of sp³-hybridized carbons (Fsp3) is 0.333. The molecule has 2 aromatic carbocycles. The minimum Gasteiger partial charge on any atom is -0.490 e. The number of para-hydroxylation sites is 1. The number of nitrogens with zero attached hydrogens (tertiary/aromatic N) is 1. The zero-order valence-electron chi connectivity index (χ0n) is 19.1. The first kappa shape index (κ1) is 21.5. The van der Waals surface area contributed by atoms with Gasteiger partial charge in [-0.05, 0) is 63.3 Å².